The van der Waals surface area contributed by atoms with Gasteiger partial charge < -0.3 is 20.1 Å². The van der Waals surface area contributed by atoms with Gasteiger partial charge in [0.25, 0.3) is 0 Å². The van der Waals surface area contributed by atoms with Crippen LogP contribution in [0.25, 0.3) is 0 Å². The molecule has 0 radical (unpaired) electrons. The Labute approximate surface area is 574 Å². The van der Waals surface area contributed by atoms with Crippen molar-refractivity contribution in [1.82, 2.24) is 0 Å². The summed E-state index contributed by atoms with van der Waals surface area (Å²) < 4.78 is 33.3. The molecule has 0 aromatic rings. The number of hydrogen-bond acceptors (Lipinski definition) is 8. The van der Waals surface area contributed by atoms with Gasteiger partial charge in [0.2, 0.25) is 0 Å². The van der Waals surface area contributed by atoms with Crippen LogP contribution in [0.15, 0.2) is 12.2 Å². The zero-order valence-corrected chi connectivity index (χ0v) is 63.0. The molecule has 0 fully saturated rings. The second kappa shape index (κ2) is 78.7. The lowest BCUT2D eigenvalue weighted by Crippen LogP contribution is -2.29. The first kappa shape index (κ1) is 90.8. The summed E-state index contributed by atoms with van der Waals surface area (Å²) in [5.74, 6) is -0.795. The van der Waals surface area contributed by atoms with Gasteiger partial charge in [0.15, 0.2) is 6.10 Å². The molecule has 548 valence electrons. The molecule has 9 nitrogen and oxygen atoms in total. The number of allylic oxidation sites excluding steroid dienone is 2. The number of phosphoric ester groups is 1. The van der Waals surface area contributed by atoms with Crippen LogP contribution in [0.3, 0.4) is 0 Å². The van der Waals surface area contributed by atoms with Crippen molar-refractivity contribution < 1.29 is 37.6 Å². The average Bonchev–Trinajstić information content (AvgIpc) is 2.93. The molecule has 2 atom stereocenters. The predicted octanol–water partition coefficient (Wildman–Crippen LogP) is 27.8. The summed E-state index contributed by atoms with van der Waals surface area (Å²) in [7, 11) is -4.39. The van der Waals surface area contributed by atoms with E-state index in [2.05, 4.69) is 26.0 Å². The van der Waals surface area contributed by atoms with E-state index in [0.717, 1.165) is 32.1 Å². The fourth-order valence-electron chi connectivity index (χ4n) is 13.2. The van der Waals surface area contributed by atoms with Crippen molar-refractivity contribution in [1.29, 1.82) is 0 Å². The Balaban J connectivity index is 3.71. The number of rotatable bonds is 81. The number of esters is 2. The van der Waals surface area contributed by atoms with Gasteiger partial charge in [0.05, 0.1) is 13.2 Å². The van der Waals surface area contributed by atoms with Gasteiger partial charge in [-0.1, -0.05) is 431 Å². The smallest absolute Gasteiger partial charge is 0.462 e. The summed E-state index contributed by atoms with van der Waals surface area (Å²) in [6.45, 7) is 3.85. The third kappa shape index (κ3) is 77.8. The highest BCUT2D eigenvalue weighted by Crippen LogP contribution is 2.43. The van der Waals surface area contributed by atoms with Crippen molar-refractivity contribution in [2.45, 2.75) is 476 Å². The lowest BCUT2D eigenvalue weighted by Gasteiger charge is -2.19. The van der Waals surface area contributed by atoms with Crippen molar-refractivity contribution in [3.8, 4) is 0 Å². The zero-order valence-electron chi connectivity index (χ0n) is 62.1. The maximum absolute atomic E-state index is 12.8. The molecular formula is C82H162NO8P. The first-order chi connectivity index (χ1) is 45.3. The molecule has 0 aliphatic carbocycles. The molecule has 0 aromatic heterocycles. The van der Waals surface area contributed by atoms with Crippen LogP contribution in [0.1, 0.15) is 470 Å². The van der Waals surface area contributed by atoms with Gasteiger partial charge in [0.1, 0.15) is 6.61 Å². The Hall–Kier alpha value is -1.25. The van der Waals surface area contributed by atoms with E-state index in [-0.39, 0.29) is 38.6 Å². The monoisotopic (exact) mass is 1320 g/mol. The highest BCUT2D eigenvalue weighted by Gasteiger charge is 2.26. The number of carbonyl (C=O) groups is 2. The van der Waals surface area contributed by atoms with Gasteiger partial charge in [-0.3, -0.25) is 18.6 Å². The fourth-order valence-corrected chi connectivity index (χ4v) is 14.0. The maximum Gasteiger partial charge on any atom is 0.472 e. The van der Waals surface area contributed by atoms with Crippen LogP contribution >= 0.6 is 7.82 Å². The predicted molar refractivity (Wildman–Crippen MR) is 400 cm³/mol. The Morgan fingerprint density at radius 3 is 0.772 bits per heavy atom. The molecule has 3 N–H and O–H groups in total. The Kier molecular flexibility index (Phi) is 77.7. The van der Waals surface area contributed by atoms with Crippen molar-refractivity contribution in [2.75, 3.05) is 26.4 Å². The maximum atomic E-state index is 12.8. The second-order valence-corrected chi connectivity index (χ2v) is 30.2. The van der Waals surface area contributed by atoms with Crippen molar-refractivity contribution >= 4 is 19.8 Å². The first-order valence-corrected chi connectivity index (χ1v) is 43.2. The van der Waals surface area contributed by atoms with Crippen molar-refractivity contribution in [3.63, 3.8) is 0 Å². The van der Waals surface area contributed by atoms with Crippen LogP contribution in [0.5, 0.6) is 0 Å². The van der Waals surface area contributed by atoms with E-state index in [1.165, 1.54) is 405 Å². The fraction of sp³-hybridized carbons (Fsp3) is 0.951. The third-order valence-corrected chi connectivity index (χ3v) is 20.4. The molecule has 0 amide bonds. The minimum Gasteiger partial charge on any atom is -0.462 e. The van der Waals surface area contributed by atoms with Crippen LogP contribution in [-0.4, -0.2) is 49.3 Å². The summed E-state index contributed by atoms with van der Waals surface area (Å²) in [5, 5.41) is 0. The summed E-state index contributed by atoms with van der Waals surface area (Å²) in [6, 6.07) is 0. The van der Waals surface area contributed by atoms with Gasteiger partial charge in [-0.05, 0) is 38.5 Å². The van der Waals surface area contributed by atoms with E-state index in [1.807, 2.05) is 0 Å². The highest BCUT2D eigenvalue weighted by molar-refractivity contribution is 7.47. The van der Waals surface area contributed by atoms with Gasteiger partial charge in [0, 0.05) is 19.4 Å². The van der Waals surface area contributed by atoms with Crippen LogP contribution in [0.4, 0.5) is 0 Å². The quantitative estimate of drug-likeness (QED) is 0.0264. The SMILES string of the molecule is CCCCCCCCCC/C=C\CCCCCCCCCCCCCCCCCCCCCCCCCC(=O)OC(COC(=O)CCCCCCCCCCCCCCCCCCCCCCCCCCCCCCCCCCCCCC)COP(=O)(O)OCCN. The standard InChI is InChI=1S/C82H162NO8P/c1-3-5-7-9-11-13-15-17-19-21-23-25-27-29-31-33-35-37-39-41-42-44-46-48-50-52-54-56-58-60-62-64-66-68-70-72-74-81(84)88-78-80(79-90-92(86,87)89-77-76-83)91-82(85)75-73-71-69-67-65-63-61-59-57-55-53-51-49-47-45-43-40-38-36-34-32-30-28-26-24-22-20-18-16-14-12-10-8-6-4-2/h22,24,80H,3-21,23,25-79,83H2,1-2H3,(H,86,87)/b24-22-. The molecule has 0 saturated heterocycles. The molecule has 0 bridgehead atoms. The summed E-state index contributed by atoms with van der Waals surface area (Å²) >= 11 is 0. The Morgan fingerprint density at radius 1 is 0.315 bits per heavy atom. The highest BCUT2D eigenvalue weighted by atomic mass is 31.2. The molecule has 10 heteroatoms. The Bertz CT molecular complexity index is 1510. The molecular weight excluding hydrogens is 1160 g/mol. The van der Waals surface area contributed by atoms with E-state index < -0.39 is 26.5 Å². The van der Waals surface area contributed by atoms with Gasteiger partial charge in [-0.15, -0.1) is 0 Å². The van der Waals surface area contributed by atoms with Crippen LogP contribution in [0, 0.1) is 0 Å². The first-order valence-electron chi connectivity index (χ1n) is 41.7. The van der Waals surface area contributed by atoms with Gasteiger partial charge >= 0.3 is 19.8 Å². The number of nitrogens with two attached hydrogens (primary N) is 1. The minimum atomic E-state index is -4.39. The third-order valence-electron chi connectivity index (χ3n) is 19.4. The number of hydrogen-bond donors (Lipinski definition) is 2. The summed E-state index contributed by atoms with van der Waals surface area (Å²) in [5.41, 5.74) is 5.42. The molecule has 0 aliphatic heterocycles. The van der Waals surface area contributed by atoms with Crippen LogP contribution in [-0.2, 0) is 32.7 Å². The second-order valence-electron chi connectivity index (χ2n) is 28.7. The van der Waals surface area contributed by atoms with Gasteiger partial charge in [-0.25, -0.2) is 4.57 Å². The lowest BCUT2D eigenvalue weighted by molar-refractivity contribution is -0.161. The number of ether oxygens (including phenoxy) is 2. The molecule has 0 saturated carbocycles. The number of phosphoric acid groups is 1. The van der Waals surface area contributed by atoms with E-state index in [9.17, 15) is 19.0 Å². The summed E-state index contributed by atoms with van der Waals surface area (Å²) in [4.78, 5) is 35.5. The normalized spacial score (nSPS) is 12.8. The largest absolute Gasteiger partial charge is 0.472 e. The molecule has 0 heterocycles. The zero-order chi connectivity index (χ0) is 66.5. The average molecular weight is 1320 g/mol. The molecule has 2 unspecified atom stereocenters. The number of unbranched alkanes of at least 4 members (excludes halogenated alkanes) is 66. The molecule has 92 heavy (non-hydrogen) atoms. The molecule has 0 rings (SSSR count). The summed E-state index contributed by atoms with van der Waals surface area (Å²) in [6.07, 6.45) is 98.1. The van der Waals surface area contributed by atoms with E-state index in [4.69, 9.17) is 24.3 Å². The van der Waals surface area contributed by atoms with Crippen LogP contribution < -0.4 is 5.73 Å². The topological polar surface area (TPSA) is 134 Å². The molecule has 0 aromatic carbocycles. The minimum absolute atomic E-state index is 0.0582. The lowest BCUT2D eigenvalue weighted by atomic mass is 10.0. The van der Waals surface area contributed by atoms with Crippen molar-refractivity contribution in [2.24, 2.45) is 5.73 Å². The molecule has 0 spiro atoms. The molecule has 0 aliphatic rings. The Morgan fingerprint density at radius 2 is 0.533 bits per heavy atom. The van der Waals surface area contributed by atoms with E-state index in [1.54, 1.807) is 0 Å². The van der Waals surface area contributed by atoms with E-state index in [0.29, 0.717) is 6.42 Å². The van der Waals surface area contributed by atoms with Gasteiger partial charge in [-0.2, -0.15) is 0 Å². The van der Waals surface area contributed by atoms with Crippen LogP contribution in [0.2, 0.25) is 0 Å². The number of carbonyl (C=O) groups excluding carboxylic acids is 2. The van der Waals surface area contributed by atoms with E-state index >= 15 is 0 Å². The van der Waals surface area contributed by atoms with Crippen molar-refractivity contribution in [3.05, 3.63) is 12.2 Å².